The minimum absolute atomic E-state index is 0.146. The van der Waals surface area contributed by atoms with E-state index >= 15 is 0 Å². The van der Waals surface area contributed by atoms with E-state index in [9.17, 15) is 4.79 Å². The quantitative estimate of drug-likeness (QED) is 0.831. The van der Waals surface area contributed by atoms with Crippen LogP contribution in [0.5, 0.6) is 0 Å². The van der Waals surface area contributed by atoms with Gasteiger partial charge in [0.25, 0.3) is 0 Å². The third-order valence-corrected chi connectivity index (χ3v) is 6.41. The molecule has 0 N–H and O–H groups in total. The Kier molecular flexibility index (Phi) is 5.28. The van der Waals surface area contributed by atoms with Gasteiger partial charge in [0.1, 0.15) is 0 Å². The third-order valence-electron chi connectivity index (χ3n) is 6.41. The van der Waals surface area contributed by atoms with Gasteiger partial charge in [-0.3, -0.25) is 9.78 Å². The van der Waals surface area contributed by atoms with Gasteiger partial charge in [0, 0.05) is 38.5 Å². The highest BCUT2D eigenvalue weighted by Crippen LogP contribution is 2.41. The summed E-state index contributed by atoms with van der Waals surface area (Å²) in [6, 6.07) is 6.07. The van der Waals surface area contributed by atoms with Crippen LogP contribution in [0.25, 0.3) is 0 Å². The number of piperidine rings is 1. The van der Waals surface area contributed by atoms with Gasteiger partial charge in [-0.15, -0.1) is 0 Å². The second-order valence-corrected chi connectivity index (χ2v) is 8.42. The summed E-state index contributed by atoms with van der Waals surface area (Å²) >= 11 is 0. The van der Waals surface area contributed by atoms with Crippen molar-refractivity contribution in [2.24, 2.45) is 11.3 Å². The highest BCUT2D eigenvalue weighted by molar-refractivity contribution is 5.85. The molecule has 1 aromatic heterocycles. The molecule has 0 bridgehead atoms. The number of hydrogen-bond donors (Lipinski definition) is 0. The van der Waals surface area contributed by atoms with E-state index in [0.29, 0.717) is 12.5 Å². The van der Waals surface area contributed by atoms with Gasteiger partial charge >= 0.3 is 0 Å². The molecule has 3 aliphatic heterocycles. The Balaban J connectivity index is 1.39. The van der Waals surface area contributed by atoms with Crippen LogP contribution in [0.15, 0.2) is 18.2 Å². The Bertz CT molecular complexity index is 644. The van der Waals surface area contributed by atoms with Crippen molar-refractivity contribution in [3.05, 3.63) is 29.6 Å². The molecule has 4 rings (SSSR count). The van der Waals surface area contributed by atoms with Crippen LogP contribution in [0.1, 0.15) is 43.5 Å². The van der Waals surface area contributed by atoms with Crippen LogP contribution in [-0.4, -0.2) is 60.1 Å². The van der Waals surface area contributed by atoms with Crippen molar-refractivity contribution >= 4 is 5.91 Å². The van der Waals surface area contributed by atoms with Gasteiger partial charge < -0.3 is 14.5 Å². The van der Waals surface area contributed by atoms with Crippen LogP contribution in [-0.2, 0) is 16.1 Å². The van der Waals surface area contributed by atoms with E-state index < -0.39 is 0 Å². The number of carbonyl (C=O) groups is 1. The van der Waals surface area contributed by atoms with Gasteiger partial charge in [-0.25, -0.2) is 0 Å². The maximum atomic E-state index is 13.3. The summed E-state index contributed by atoms with van der Waals surface area (Å²) in [5.74, 6) is 1.10. The fraction of sp³-hybridized carbons (Fsp3) is 0.714. The Hall–Kier alpha value is -1.46. The first-order chi connectivity index (χ1) is 12.6. The van der Waals surface area contributed by atoms with E-state index in [1.807, 2.05) is 30.0 Å². The molecular weight excluding hydrogens is 326 g/mol. The van der Waals surface area contributed by atoms with Crippen molar-refractivity contribution in [1.29, 1.82) is 0 Å². The Morgan fingerprint density at radius 2 is 2.08 bits per heavy atom. The largest absolute Gasteiger partial charge is 0.381 e. The summed E-state index contributed by atoms with van der Waals surface area (Å²) in [5.41, 5.74) is 1.88. The Morgan fingerprint density at radius 3 is 2.88 bits per heavy atom. The molecule has 0 saturated carbocycles. The lowest BCUT2D eigenvalue weighted by Gasteiger charge is -2.41. The predicted octanol–water partition coefficient (Wildman–Crippen LogP) is 2.63. The number of rotatable bonds is 4. The summed E-state index contributed by atoms with van der Waals surface area (Å²) in [4.78, 5) is 22.4. The summed E-state index contributed by atoms with van der Waals surface area (Å²) in [6.07, 6.45) is 5.53. The minimum atomic E-state index is -0.146. The first-order valence-corrected chi connectivity index (χ1v) is 10.2. The minimum Gasteiger partial charge on any atom is -0.381 e. The number of aryl methyl sites for hydroxylation is 1. The van der Waals surface area contributed by atoms with Crippen molar-refractivity contribution in [3.63, 3.8) is 0 Å². The number of hydrogen-bond acceptors (Lipinski definition) is 4. The van der Waals surface area contributed by atoms with Crippen LogP contribution in [0.3, 0.4) is 0 Å². The van der Waals surface area contributed by atoms with E-state index in [2.05, 4.69) is 9.88 Å². The smallest absolute Gasteiger partial charge is 0.230 e. The Labute approximate surface area is 156 Å². The van der Waals surface area contributed by atoms with Crippen LogP contribution < -0.4 is 0 Å². The molecule has 3 fully saturated rings. The summed E-state index contributed by atoms with van der Waals surface area (Å²) < 4.78 is 5.49. The average Bonchev–Trinajstić information content (AvgIpc) is 2.92. The molecule has 3 saturated heterocycles. The molecule has 0 aliphatic carbocycles. The molecule has 0 radical (unpaired) electrons. The maximum absolute atomic E-state index is 13.3. The second-order valence-electron chi connectivity index (χ2n) is 8.42. The lowest BCUT2D eigenvalue weighted by molar-refractivity contribution is -0.139. The first kappa shape index (κ1) is 17.9. The summed E-state index contributed by atoms with van der Waals surface area (Å²) in [7, 11) is 0. The molecule has 1 spiro atoms. The molecule has 1 aromatic rings. The third kappa shape index (κ3) is 3.79. The summed E-state index contributed by atoms with van der Waals surface area (Å²) in [6.45, 7) is 8.57. The first-order valence-electron chi connectivity index (χ1n) is 10.2. The van der Waals surface area contributed by atoms with Gasteiger partial charge in [-0.05, 0) is 63.6 Å². The molecule has 5 nitrogen and oxygen atoms in total. The zero-order chi connectivity index (χ0) is 18.0. The molecular formula is C21H31N3O2. The Morgan fingerprint density at radius 1 is 1.23 bits per heavy atom. The molecule has 0 aromatic carbocycles. The van der Waals surface area contributed by atoms with Gasteiger partial charge in [0.2, 0.25) is 5.91 Å². The maximum Gasteiger partial charge on any atom is 0.230 e. The van der Waals surface area contributed by atoms with E-state index in [1.54, 1.807) is 0 Å². The lowest BCUT2D eigenvalue weighted by atomic mass is 9.78. The van der Waals surface area contributed by atoms with E-state index in [4.69, 9.17) is 4.74 Å². The molecule has 4 heterocycles. The number of carbonyl (C=O) groups excluding carboxylic acids is 1. The van der Waals surface area contributed by atoms with Gasteiger partial charge in [-0.1, -0.05) is 6.07 Å². The normalized spacial score (nSPS) is 28.2. The van der Waals surface area contributed by atoms with Crippen LogP contribution in [0.2, 0.25) is 0 Å². The number of ether oxygens (including phenoxy) is 1. The molecule has 5 heteroatoms. The van der Waals surface area contributed by atoms with E-state index in [-0.39, 0.29) is 5.41 Å². The van der Waals surface area contributed by atoms with Crippen molar-refractivity contribution in [1.82, 2.24) is 14.8 Å². The monoisotopic (exact) mass is 357 g/mol. The number of nitrogens with zero attached hydrogens (tertiary/aromatic N) is 3. The van der Waals surface area contributed by atoms with Gasteiger partial charge in [0.05, 0.1) is 17.7 Å². The van der Waals surface area contributed by atoms with Crippen molar-refractivity contribution in [2.75, 3.05) is 39.4 Å². The van der Waals surface area contributed by atoms with E-state index in [1.165, 1.54) is 12.8 Å². The average molecular weight is 357 g/mol. The van der Waals surface area contributed by atoms with Crippen LogP contribution >= 0.6 is 0 Å². The highest BCUT2D eigenvalue weighted by Gasteiger charge is 2.48. The lowest BCUT2D eigenvalue weighted by Crippen LogP contribution is -2.49. The molecule has 1 atom stereocenters. The molecule has 26 heavy (non-hydrogen) atoms. The van der Waals surface area contributed by atoms with Crippen molar-refractivity contribution < 1.29 is 9.53 Å². The van der Waals surface area contributed by atoms with Gasteiger partial charge in [0.15, 0.2) is 0 Å². The fourth-order valence-electron chi connectivity index (χ4n) is 4.98. The number of likely N-dealkylation sites (tertiary alicyclic amines) is 2. The summed E-state index contributed by atoms with van der Waals surface area (Å²) in [5, 5.41) is 0. The second kappa shape index (κ2) is 7.65. The highest BCUT2D eigenvalue weighted by atomic mass is 16.5. The fourth-order valence-corrected chi connectivity index (χ4v) is 4.98. The molecule has 142 valence electrons. The van der Waals surface area contributed by atoms with Crippen molar-refractivity contribution in [3.8, 4) is 0 Å². The van der Waals surface area contributed by atoms with Crippen LogP contribution in [0, 0.1) is 18.3 Å². The zero-order valence-corrected chi connectivity index (χ0v) is 16.0. The van der Waals surface area contributed by atoms with Gasteiger partial charge in [-0.2, -0.15) is 0 Å². The topological polar surface area (TPSA) is 45.7 Å². The van der Waals surface area contributed by atoms with E-state index in [0.717, 1.165) is 76.0 Å². The number of aromatic nitrogens is 1. The predicted molar refractivity (Wildman–Crippen MR) is 101 cm³/mol. The molecule has 0 unspecified atom stereocenters. The SMILES string of the molecule is Cc1cccc(CN2CC[C@]3(CCCN(CC4CCOCC4)C3)C2=O)n1. The zero-order valence-electron chi connectivity index (χ0n) is 16.0. The van der Waals surface area contributed by atoms with Crippen LogP contribution in [0.4, 0.5) is 0 Å². The number of pyridine rings is 1. The van der Waals surface area contributed by atoms with Crippen molar-refractivity contribution in [2.45, 2.75) is 45.6 Å². The standard InChI is InChI=1S/C21H31N3O2/c1-17-4-2-5-19(22-17)15-24-11-9-21(20(24)25)8-3-10-23(16-21)14-18-6-12-26-13-7-18/h2,4-5,18H,3,6-16H2,1H3/t21-/m0/s1. The molecule has 1 amide bonds. The molecule has 3 aliphatic rings. The number of amides is 1.